The Morgan fingerprint density at radius 2 is 1.27 bits per heavy atom. The molecule has 0 aliphatic carbocycles. The number of ether oxygens (including phenoxy) is 2. The van der Waals surface area contributed by atoms with Crippen LogP contribution in [-0.4, -0.2) is 53.1 Å². The minimum atomic E-state index is -1.39. The number of hydrogen-bond donors (Lipinski definition) is 8. The van der Waals surface area contributed by atoms with Crippen LogP contribution in [0.25, 0.3) is 0 Å². The van der Waals surface area contributed by atoms with E-state index in [1.165, 1.54) is 42.5 Å². The molecular formula is C30H26O10. The molecule has 2 aliphatic rings. The zero-order valence-corrected chi connectivity index (χ0v) is 20.8. The Balaban J connectivity index is 1.52. The molecule has 10 heteroatoms. The minimum absolute atomic E-state index is 0.00864. The van der Waals surface area contributed by atoms with E-state index in [1.807, 2.05) is 0 Å². The first kappa shape index (κ1) is 25.5. The molecule has 4 aromatic rings. The van der Waals surface area contributed by atoms with E-state index in [9.17, 15) is 40.9 Å². The summed E-state index contributed by atoms with van der Waals surface area (Å²) in [7, 11) is 0. The van der Waals surface area contributed by atoms with Gasteiger partial charge in [-0.15, -0.1) is 0 Å². The molecule has 0 unspecified atom stereocenters. The molecule has 0 aromatic heterocycles. The van der Waals surface area contributed by atoms with E-state index in [0.29, 0.717) is 16.7 Å². The third kappa shape index (κ3) is 4.14. The fourth-order valence-electron chi connectivity index (χ4n) is 5.58. The zero-order chi connectivity index (χ0) is 28.3. The van der Waals surface area contributed by atoms with Crippen molar-refractivity contribution >= 4 is 0 Å². The summed E-state index contributed by atoms with van der Waals surface area (Å²) in [5.41, 5.74) is 1.61. The first-order valence-electron chi connectivity index (χ1n) is 12.5. The van der Waals surface area contributed by atoms with Crippen LogP contribution in [0.15, 0.2) is 66.7 Å². The van der Waals surface area contributed by atoms with E-state index >= 15 is 0 Å². The van der Waals surface area contributed by atoms with E-state index in [0.717, 1.165) is 6.07 Å². The van der Waals surface area contributed by atoms with Gasteiger partial charge in [0.25, 0.3) is 0 Å². The van der Waals surface area contributed by atoms with E-state index < -0.39 is 36.1 Å². The lowest BCUT2D eigenvalue weighted by Gasteiger charge is -2.40. The maximum Gasteiger partial charge on any atom is 0.157 e. The van der Waals surface area contributed by atoms with Crippen molar-refractivity contribution in [2.24, 2.45) is 0 Å². The Morgan fingerprint density at radius 3 is 2.00 bits per heavy atom. The van der Waals surface area contributed by atoms with Crippen LogP contribution >= 0.6 is 0 Å². The van der Waals surface area contributed by atoms with Crippen LogP contribution in [0.1, 0.15) is 45.9 Å². The summed E-state index contributed by atoms with van der Waals surface area (Å²) >= 11 is 0. The molecule has 0 fully saturated rings. The molecule has 4 aromatic carbocycles. The lowest BCUT2D eigenvalue weighted by atomic mass is 9.77. The van der Waals surface area contributed by atoms with Crippen molar-refractivity contribution in [1.82, 2.24) is 0 Å². The van der Waals surface area contributed by atoms with Gasteiger partial charge in [0.2, 0.25) is 0 Å². The largest absolute Gasteiger partial charge is 0.508 e. The molecule has 0 saturated heterocycles. The quantitative estimate of drug-likeness (QED) is 0.177. The Labute approximate surface area is 227 Å². The van der Waals surface area contributed by atoms with Crippen LogP contribution in [0.5, 0.6) is 46.0 Å². The van der Waals surface area contributed by atoms with Crippen LogP contribution in [-0.2, 0) is 6.42 Å². The molecule has 2 heterocycles. The second kappa shape index (κ2) is 9.44. The molecule has 0 saturated carbocycles. The van der Waals surface area contributed by atoms with Crippen LogP contribution in [0.2, 0.25) is 0 Å². The van der Waals surface area contributed by atoms with Crippen LogP contribution < -0.4 is 9.47 Å². The summed E-state index contributed by atoms with van der Waals surface area (Å²) in [5, 5.41) is 84.4. The van der Waals surface area contributed by atoms with E-state index in [1.54, 1.807) is 18.2 Å². The number of rotatable bonds is 3. The van der Waals surface area contributed by atoms with Gasteiger partial charge in [0, 0.05) is 29.7 Å². The molecule has 206 valence electrons. The standard InChI is InChI=1S/C30H26O10/c31-16-5-1-13(2-6-16)30-27(38)26(24-21(36)11-17(32)12-23(24)39-30)25-19(34)8-4-15-10-22(37)28(40-29(15)25)14-3-7-18(33)20(35)9-14/h1-9,11-12,22,26-28,30-38H,10H2/t22-,26-,27-,28-,30+/m1/s1. The van der Waals surface area contributed by atoms with Crippen molar-refractivity contribution in [2.45, 2.75) is 36.8 Å². The lowest BCUT2D eigenvalue weighted by Crippen LogP contribution is -2.36. The summed E-state index contributed by atoms with van der Waals surface area (Å²) in [6.45, 7) is 0. The first-order valence-corrected chi connectivity index (χ1v) is 12.5. The molecule has 0 spiro atoms. The molecule has 6 rings (SSSR count). The van der Waals surface area contributed by atoms with Gasteiger partial charge in [0.1, 0.15) is 46.7 Å². The van der Waals surface area contributed by atoms with E-state index in [4.69, 9.17) is 9.47 Å². The van der Waals surface area contributed by atoms with Crippen molar-refractivity contribution < 1.29 is 50.3 Å². The molecule has 8 N–H and O–H groups in total. The van der Waals surface area contributed by atoms with Gasteiger partial charge in [-0.25, -0.2) is 0 Å². The van der Waals surface area contributed by atoms with Gasteiger partial charge in [-0.1, -0.05) is 24.3 Å². The number of hydrogen-bond acceptors (Lipinski definition) is 10. The Kier molecular flexibility index (Phi) is 6.01. The van der Waals surface area contributed by atoms with Crippen LogP contribution in [0.3, 0.4) is 0 Å². The summed E-state index contributed by atoms with van der Waals surface area (Å²) in [5.74, 6) is -2.53. The third-order valence-electron chi connectivity index (χ3n) is 7.46. The maximum absolute atomic E-state index is 11.7. The minimum Gasteiger partial charge on any atom is -0.508 e. The molecule has 40 heavy (non-hydrogen) atoms. The molecule has 0 radical (unpaired) electrons. The lowest BCUT2D eigenvalue weighted by molar-refractivity contribution is 0.00148. The molecule has 0 bridgehead atoms. The Morgan fingerprint density at radius 1 is 0.575 bits per heavy atom. The van der Waals surface area contributed by atoms with Crippen molar-refractivity contribution in [3.8, 4) is 46.0 Å². The maximum atomic E-state index is 11.7. The number of aliphatic hydroxyl groups is 2. The van der Waals surface area contributed by atoms with E-state index in [2.05, 4.69) is 0 Å². The monoisotopic (exact) mass is 546 g/mol. The third-order valence-corrected chi connectivity index (χ3v) is 7.46. The molecule has 2 aliphatic heterocycles. The Hall–Kier alpha value is -4.80. The summed E-state index contributed by atoms with van der Waals surface area (Å²) < 4.78 is 12.3. The number of aliphatic hydroxyl groups excluding tert-OH is 2. The molecular weight excluding hydrogens is 520 g/mol. The van der Waals surface area contributed by atoms with Gasteiger partial charge in [-0.05, 0) is 47.0 Å². The van der Waals surface area contributed by atoms with Gasteiger partial charge in [-0.2, -0.15) is 0 Å². The molecule has 10 nitrogen and oxygen atoms in total. The highest BCUT2D eigenvalue weighted by Gasteiger charge is 2.45. The smallest absolute Gasteiger partial charge is 0.157 e. The second-order valence-electron chi connectivity index (χ2n) is 10.0. The highest BCUT2D eigenvalue weighted by molar-refractivity contribution is 5.63. The van der Waals surface area contributed by atoms with Crippen molar-refractivity contribution in [3.05, 3.63) is 94.5 Å². The molecule has 5 atom stereocenters. The van der Waals surface area contributed by atoms with Gasteiger partial charge in [0.05, 0.1) is 12.0 Å². The van der Waals surface area contributed by atoms with Crippen LogP contribution in [0.4, 0.5) is 0 Å². The summed E-state index contributed by atoms with van der Waals surface area (Å²) in [6, 6.07) is 15.4. The fourth-order valence-corrected chi connectivity index (χ4v) is 5.58. The predicted molar refractivity (Wildman–Crippen MR) is 140 cm³/mol. The SMILES string of the molecule is Oc1ccc([C@@H]2Oc3cc(O)cc(O)c3[C@H](c3c(O)ccc4c3O[C@H](c3ccc(O)c(O)c3)[C@H](O)C4)[C@H]2O)cc1. The van der Waals surface area contributed by atoms with Gasteiger partial charge < -0.3 is 50.3 Å². The average molecular weight is 547 g/mol. The second-order valence-corrected chi connectivity index (χ2v) is 10.0. The normalized spacial score (nSPS) is 23.4. The van der Waals surface area contributed by atoms with E-state index in [-0.39, 0.29) is 57.8 Å². The summed E-state index contributed by atoms with van der Waals surface area (Å²) in [4.78, 5) is 0. The number of phenols is 6. The average Bonchev–Trinajstić information content (AvgIpc) is 2.91. The summed E-state index contributed by atoms with van der Waals surface area (Å²) in [6.07, 6.45) is -4.37. The first-order chi connectivity index (χ1) is 19.1. The highest BCUT2D eigenvalue weighted by Crippen LogP contribution is 2.55. The van der Waals surface area contributed by atoms with Gasteiger partial charge in [-0.3, -0.25) is 0 Å². The van der Waals surface area contributed by atoms with Crippen molar-refractivity contribution in [3.63, 3.8) is 0 Å². The number of fused-ring (bicyclic) bond motifs is 2. The fraction of sp³-hybridized carbons (Fsp3) is 0.200. The predicted octanol–water partition coefficient (Wildman–Crippen LogP) is 3.58. The Bertz CT molecular complexity index is 1600. The van der Waals surface area contributed by atoms with Gasteiger partial charge in [0.15, 0.2) is 17.6 Å². The molecule has 0 amide bonds. The number of phenolic OH excluding ortho intramolecular Hbond substituents is 6. The van der Waals surface area contributed by atoms with Crippen LogP contribution in [0, 0.1) is 0 Å². The van der Waals surface area contributed by atoms with Crippen molar-refractivity contribution in [2.75, 3.05) is 0 Å². The highest BCUT2D eigenvalue weighted by atomic mass is 16.5. The topological polar surface area (TPSA) is 180 Å². The number of benzene rings is 4. The van der Waals surface area contributed by atoms with Crippen molar-refractivity contribution in [1.29, 1.82) is 0 Å². The van der Waals surface area contributed by atoms with Gasteiger partial charge >= 0.3 is 0 Å². The zero-order valence-electron chi connectivity index (χ0n) is 20.8. The number of aromatic hydroxyl groups is 6.